The summed E-state index contributed by atoms with van der Waals surface area (Å²) in [5, 5.41) is 2.68. The smallest absolute Gasteiger partial charge is 0.329 e. The first kappa shape index (κ1) is 22.2. The summed E-state index contributed by atoms with van der Waals surface area (Å²) in [6, 6.07) is -0.836. The summed E-state index contributed by atoms with van der Waals surface area (Å²) in [6.45, 7) is 10.8. The van der Waals surface area contributed by atoms with Crippen LogP contribution in [0.5, 0.6) is 0 Å². The number of ether oxygens (including phenoxy) is 2. The number of carbonyl (C=O) groups is 3. The van der Waals surface area contributed by atoms with Gasteiger partial charge in [0.05, 0.1) is 20.6 Å². The number of rotatable bonds is 6. The van der Waals surface area contributed by atoms with E-state index in [-0.39, 0.29) is 24.3 Å². The number of esters is 2. The van der Waals surface area contributed by atoms with E-state index in [0.29, 0.717) is 0 Å². The molecule has 0 bridgehead atoms. The van der Waals surface area contributed by atoms with Crippen molar-refractivity contribution < 1.29 is 23.9 Å². The molecule has 7 heteroatoms. The fourth-order valence-electron chi connectivity index (χ4n) is 1.48. The molecule has 0 unspecified atom stereocenters. The highest BCUT2D eigenvalue weighted by Gasteiger charge is 2.33. The highest BCUT2D eigenvalue weighted by Crippen LogP contribution is 2.35. The van der Waals surface area contributed by atoms with Crippen molar-refractivity contribution in [3.63, 3.8) is 0 Å². The van der Waals surface area contributed by atoms with Gasteiger partial charge in [-0.2, -0.15) is 0 Å². The lowest BCUT2D eigenvalue weighted by molar-refractivity contribution is -0.145. The number of carbonyl (C=O) groups excluding carboxylic acids is 3. The van der Waals surface area contributed by atoms with Gasteiger partial charge in [-0.15, -0.1) is 11.5 Å². The summed E-state index contributed by atoms with van der Waals surface area (Å²) in [5.41, 5.74) is 3.30. The zero-order valence-corrected chi connectivity index (χ0v) is 16.7. The van der Waals surface area contributed by atoms with Crippen LogP contribution in [0.15, 0.2) is 0 Å². The second kappa shape index (κ2) is 9.47. The van der Waals surface area contributed by atoms with E-state index in [1.54, 1.807) is 0 Å². The fourth-order valence-corrected chi connectivity index (χ4v) is 2.40. The molecule has 0 aliphatic rings. The molecule has 1 amide bonds. The Balaban J connectivity index is 4.85. The maximum atomic E-state index is 11.8. The first-order valence-corrected chi connectivity index (χ1v) is 10.9. The van der Waals surface area contributed by atoms with Crippen LogP contribution in [0.2, 0.25) is 18.1 Å². The minimum Gasteiger partial charge on any atom is -0.469 e. The van der Waals surface area contributed by atoms with Crippen LogP contribution < -0.4 is 5.32 Å². The van der Waals surface area contributed by atoms with E-state index in [9.17, 15) is 14.4 Å². The molecule has 0 fully saturated rings. The Morgan fingerprint density at radius 3 is 2.12 bits per heavy atom. The van der Waals surface area contributed by atoms with E-state index in [0.717, 1.165) is 0 Å². The molecule has 0 saturated heterocycles. The van der Waals surface area contributed by atoms with Gasteiger partial charge in [-0.1, -0.05) is 33.9 Å². The van der Waals surface area contributed by atoms with Crippen molar-refractivity contribution in [2.24, 2.45) is 0 Å². The largest absolute Gasteiger partial charge is 0.469 e. The molecule has 0 aliphatic heterocycles. The zero-order chi connectivity index (χ0) is 19.0. The average Bonchev–Trinajstić information content (AvgIpc) is 2.49. The third-order valence-electron chi connectivity index (χ3n) is 4.19. The Bertz CT molecular complexity index is 525. The summed E-state index contributed by atoms with van der Waals surface area (Å²) >= 11 is 0. The first-order chi connectivity index (χ1) is 10.9. The third-order valence-corrected chi connectivity index (χ3v) is 8.74. The molecule has 0 radical (unpaired) electrons. The van der Waals surface area contributed by atoms with Gasteiger partial charge in [0.1, 0.15) is 14.1 Å². The van der Waals surface area contributed by atoms with Crippen molar-refractivity contribution in [2.45, 2.75) is 64.2 Å². The molecule has 0 saturated carbocycles. The molecule has 1 atom stereocenters. The van der Waals surface area contributed by atoms with Crippen molar-refractivity contribution in [3.05, 3.63) is 0 Å². The van der Waals surface area contributed by atoms with Crippen molar-refractivity contribution in [3.8, 4) is 11.5 Å². The van der Waals surface area contributed by atoms with Crippen LogP contribution in [0.25, 0.3) is 0 Å². The molecule has 0 heterocycles. The second-order valence-corrected chi connectivity index (χ2v) is 12.1. The van der Waals surface area contributed by atoms with Crippen LogP contribution in [0.1, 0.15) is 40.0 Å². The van der Waals surface area contributed by atoms with Gasteiger partial charge in [-0.25, -0.2) is 4.79 Å². The van der Waals surface area contributed by atoms with Crippen LogP contribution in [0, 0.1) is 11.5 Å². The standard InChI is InChI=1S/C17H29NO5Si/c1-17(2,3)24(6,7)12-8-9-13(16(21)23-5)18-14(19)10-11-15(20)22-4/h13H,9-11H2,1-7H3,(H,18,19)/t13-/m1/s1. The Labute approximate surface area is 145 Å². The predicted molar refractivity (Wildman–Crippen MR) is 94.8 cm³/mol. The number of hydrogen-bond acceptors (Lipinski definition) is 5. The molecule has 0 aliphatic carbocycles. The molecule has 0 spiro atoms. The molecule has 0 aromatic carbocycles. The van der Waals surface area contributed by atoms with Crippen molar-refractivity contribution in [1.82, 2.24) is 5.32 Å². The maximum Gasteiger partial charge on any atom is 0.329 e. The molecule has 6 nitrogen and oxygen atoms in total. The summed E-state index contributed by atoms with van der Waals surface area (Å²) in [6.07, 6.45) is 0.102. The van der Waals surface area contributed by atoms with Crippen LogP contribution in [-0.2, 0) is 23.9 Å². The van der Waals surface area contributed by atoms with E-state index < -0.39 is 32.0 Å². The molecular formula is C17H29NO5Si. The monoisotopic (exact) mass is 355 g/mol. The van der Waals surface area contributed by atoms with Crippen LogP contribution >= 0.6 is 0 Å². The number of methoxy groups -OCH3 is 2. The summed E-state index contributed by atoms with van der Waals surface area (Å²) in [7, 11) is 0.740. The van der Waals surface area contributed by atoms with Crippen molar-refractivity contribution in [2.75, 3.05) is 14.2 Å². The quantitative estimate of drug-likeness (QED) is 0.448. The van der Waals surface area contributed by atoms with Crippen LogP contribution in [-0.4, -0.2) is 46.2 Å². The summed E-state index contributed by atoms with van der Waals surface area (Å²) in [5.74, 6) is 1.60. The number of amides is 1. The van der Waals surface area contributed by atoms with Gasteiger partial charge < -0.3 is 14.8 Å². The molecule has 24 heavy (non-hydrogen) atoms. The molecule has 1 N–H and O–H groups in total. The second-order valence-electron chi connectivity index (χ2n) is 7.10. The van der Waals surface area contributed by atoms with Crippen LogP contribution in [0.3, 0.4) is 0 Å². The van der Waals surface area contributed by atoms with E-state index in [1.807, 2.05) is 0 Å². The lowest BCUT2D eigenvalue weighted by Crippen LogP contribution is -2.41. The van der Waals surface area contributed by atoms with Gasteiger partial charge in [-0.3, -0.25) is 9.59 Å². The topological polar surface area (TPSA) is 81.7 Å². The fraction of sp³-hybridized carbons (Fsp3) is 0.706. The average molecular weight is 356 g/mol. The van der Waals surface area contributed by atoms with Crippen molar-refractivity contribution in [1.29, 1.82) is 0 Å². The highest BCUT2D eigenvalue weighted by molar-refractivity contribution is 6.87. The number of nitrogens with one attached hydrogen (secondary N) is 1. The molecule has 0 rings (SSSR count). The zero-order valence-electron chi connectivity index (χ0n) is 15.7. The molecular weight excluding hydrogens is 326 g/mol. The SMILES string of the molecule is COC(=O)CCC(=O)N[C@H](CC#C[Si](C)(C)C(C)(C)C)C(=O)OC. The van der Waals surface area contributed by atoms with E-state index >= 15 is 0 Å². The summed E-state index contributed by atoms with van der Waals surface area (Å²) in [4.78, 5) is 34.7. The molecule has 136 valence electrons. The summed E-state index contributed by atoms with van der Waals surface area (Å²) < 4.78 is 9.19. The first-order valence-electron chi connectivity index (χ1n) is 7.88. The molecule has 0 aromatic heterocycles. The van der Waals surface area contributed by atoms with E-state index in [4.69, 9.17) is 4.74 Å². The van der Waals surface area contributed by atoms with E-state index in [1.165, 1.54) is 14.2 Å². The minimum atomic E-state index is -1.78. The van der Waals surface area contributed by atoms with Gasteiger partial charge >= 0.3 is 11.9 Å². The highest BCUT2D eigenvalue weighted by atomic mass is 28.3. The minimum absolute atomic E-state index is 0.0358. The van der Waals surface area contributed by atoms with Crippen LogP contribution in [0.4, 0.5) is 0 Å². The predicted octanol–water partition coefficient (Wildman–Crippen LogP) is 2.04. The maximum absolute atomic E-state index is 11.8. The Morgan fingerprint density at radius 1 is 1.08 bits per heavy atom. The Kier molecular flexibility index (Phi) is 8.76. The van der Waals surface area contributed by atoms with Gasteiger partial charge in [0, 0.05) is 12.8 Å². The van der Waals surface area contributed by atoms with Gasteiger partial charge in [0.2, 0.25) is 5.91 Å². The Morgan fingerprint density at radius 2 is 1.67 bits per heavy atom. The third kappa shape index (κ3) is 7.64. The van der Waals surface area contributed by atoms with Crippen molar-refractivity contribution >= 4 is 25.9 Å². The lowest BCUT2D eigenvalue weighted by Gasteiger charge is -2.31. The Hall–Kier alpha value is -1.81. The van der Waals surface area contributed by atoms with E-state index in [2.05, 4.69) is 55.4 Å². The number of hydrogen-bond donors (Lipinski definition) is 1. The van der Waals surface area contributed by atoms with Gasteiger partial charge in [0.15, 0.2) is 0 Å². The molecule has 0 aromatic rings. The lowest BCUT2D eigenvalue weighted by atomic mass is 10.2. The van der Waals surface area contributed by atoms with Gasteiger partial charge in [0.25, 0.3) is 0 Å². The normalized spacial score (nSPS) is 12.5. The van der Waals surface area contributed by atoms with Gasteiger partial charge in [-0.05, 0) is 5.04 Å².